The first-order valence-corrected chi connectivity index (χ1v) is 5.25. The lowest BCUT2D eigenvalue weighted by Crippen LogP contribution is -2.14. The summed E-state index contributed by atoms with van der Waals surface area (Å²) >= 11 is 0. The monoisotopic (exact) mass is 264 g/mol. The molecular formula is C11H9FN4O3. The predicted octanol–water partition coefficient (Wildman–Crippen LogP) is 2.02. The average molecular weight is 264 g/mol. The van der Waals surface area contributed by atoms with Crippen molar-refractivity contribution < 1.29 is 14.1 Å². The molecule has 2 rings (SSSR count). The van der Waals surface area contributed by atoms with Crippen molar-refractivity contribution in [2.75, 3.05) is 5.32 Å². The first kappa shape index (κ1) is 12.7. The van der Waals surface area contributed by atoms with Crippen molar-refractivity contribution in [3.05, 3.63) is 51.6 Å². The molecule has 1 aromatic heterocycles. The van der Waals surface area contributed by atoms with Crippen molar-refractivity contribution in [3.8, 4) is 0 Å². The van der Waals surface area contributed by atoms with Crippen LogP contribution in [-0.4, -0.2) is 21.0 Å². The van der Waals surface area contributed by atoms with Gasteiger partial charge in [0.2, 0.25) is 0 Å². The van der Waals surface area contributed by atoms with Crippen molar-refractivity contribution in [2.45, 2.75) is 6.92 Å². The molecule has 19 heavy (non-hydrogen) atoms. The van der Waals surface area contributed by atoms with E-state index in [0.717, 1.165) is 12.1 Å². The van der Waals surface area contributed by atoms with Crippen LogP contribution in [0.15, 0.2) is 24.4 Å². The third-order valence-electron chi connectivity index (χ3n) is 2.50. The SMILES string of the molecule is Cc1[nH]ncc1C(=O)Nc1c(F)cccc1[N+](=O)[O-]. The number of nitro benzene ring substituents is 1. The van der Waals surface area contributed by atoms with Crippen LogP contribution in [0.25, 0.3) is 0 Å². The Kier molecular flexibility index (Phi) is 3.23. The number of nitrogens with zero attached hydrogens (tertiary/aromatic N) is 2. The molecule has 0 aliphatic heterocycles. The molecule has 0 atom stereocenters. The van der Waals surface area contributed by atoms with Gasteiger partial charge in [0.15, 0.2) is 11.5 Å². The third kappa shape index (κ3) is 2.41. The smallest absolute Gasteiger partial charge is 0.295 e. The largest absolute Gasteiger partial charge is 0.314 e. The highest BCUT2D eigenvalue weighted by Crippen LogP contribution is 2.27. The zero-order valence-corrected chi connectivity index (χ0v) is 9.81. The number of H-pyrrole nitrogens is 1. The first-order chi connectivity index (χ1) is 9.00. The van der Waals surface area contributed by atoms with E-state index in [1.54, 1.807) is 6.92 Å². The number of nitrogens with one attached hydrogen (secondary N) is 2. The number of aromatic nitrogens is 2. The fraction of sp³-hybridized carbons (Fsp3) is 0.0909. The maximum absolute atomic E-state index is 13.6. The number of amides is 1. The summed E-state index contributed by atoms with van der Waals surface area (Å²) in [6, 6.07) is 3.35. The molecule has 0 spiro atoms. The van der Waals surface area contributed by atoms with Crippen molar-refractivity contribution >= 4 is 17.3 Å². The molecule has 0 fully saturated rings. The van der Waals surface area contributed by atoms with E-state index >= 15 is 0 Å². The summed E-state index contributed by atoms with van der Waals surface area (Å²) in [4.78, 5) is 21.9. The molecule has 8 heteroatoms. The molecule has 0 aliphatic rings. The van der Waals surface area contributed by atoms with Crippen molar-refractivity contribution in [1.82, 2.24) is 10.2 Å². The summed E-state index contributed by atoms with van der Waals surface area (Å²) in [6.45, 7) is 1.61. The van der Waals surface area contributed by atoms with E-state index in [-0.39, 0.29) is 5.56 Å². The van der Waals surface area contributed by atoms with Gasteiger partial charge in [0.1, 0.15) is 0 Å². The Morgan fingerprint density at radius 1 is 1.53 bits per heavy atom. The van der Waals surface area contributed by atoms with E-state index in [4.69, 9.17) is 0 Å². The Balaban J connectivity index is 2.36. The molecule has 0 radical (unpaired) electrons. The Morgan fingerprint density at radius 2 is 2.26 bits per heavy atom. The zero-order chi connectivity index (χ0) is 14.0. The van der Waals surface area contributed by atoms with Gasteiger partial charge >= 0.3 is 0 Å². The van der Waals surface area contributed by atoms with E-state index in [0.29, 0.717) is 5.69 Å². The van der Waals surface area contributed by atoms with Gasteiger partial charge in [0, 0.05) is 11.8 Å². The summed E-state index contributed by atoms with van der Waals surface area (Å²) in [5.74, 6) is -1.54. The summed E-state index contributed by atoms with van der Waals surface area (Å²) in [5, 5.41) is 19.2. The van der Waals surface area contributed by atoms with Crippen LogP contribution in [0.3, 0.4) is 0 Å². The molecule has 2 aromatic rings. The second-order valence-corrected chi connectivity index (χ2v) is 3.75. The van der Waals surface area contributed by atoms with Crippen LogP contribution in [-0.2, 0) is 0 Å². The summed E-state index contributed by atoms with van der Waals surface area (Å²) in [5.41, 5.74) is -0.290. The summed E-state index contributed by atoms with van der Waals surface area (Å²) in [6.07, 6.45) is 1.26. The van der Waals surface area contributed by atoms with E-state index in [1.807, 2.05) is 0 Å². The van der Waals surface area contributed by atoms with Gasteiger partial charge in [-0.2, -0.15) is 5.10 Å². The molecular weight excluding hydrogens is 255 g/mol. The lowest BCUT2D eigenvalue weighted by molar-refractivity contribution is -0.384. The van der Waals surface area contributed by atoms with E-state index in [1.165, 1.54) is 12.3 Å². The average Bonchev–Trinajstić information content (AvgIpc) is 2.77. The fourth-order valence-electron chi connectivity index (χ4n) is 1.55. The van der Waals surface area contributed by atoms with Crippen LogP contribution in [0.4, 0.5) is 15.8 Å². The third-order valence-corrected chi connectivity index (χ3v) is 2.50. The van der Waals surface area contributed by atoms with Crippen LogP contribution in [0, 0.1) is 22.9 Å². The quantitative estimate of drug-likeness (QED) is 0.654. The topological polar surface area (TPSA) is 101 Å². The van der Waals surface area contributed by atoms with Gasteiger partial charge in [0.25, 0.3) is 11.6 Å². The van der Waals surface area contributed by atoms with Crippen LogP contribution in [0.5, 0.6) is 0 Å². The fourth-order valence-corrected chi connectivity index (χ4v) is 1.55. The van der Waals surface area contributed by atoms with Gasteiger partial charge < -0.3 is 5.32 Å². The maximum atomic E-state index is 13.6. The normalized spacial score (nSPS) is 10.2. The molecule has 0 bridgehead atoms. The second-order valence-electron chi connectivity index (χ2n) is 3.75. The number of aromatic amines is 1. The van der Waals surface area contributed by atoms with Crippen LogP contribution in [0.1, 0.15) is 16.1 Å². The minimum atomic E-state index is -0.872. The van der Waals surface area contributed by atoms with E-state index in [9.17, 15) is 19.3 Å². The number of hydrogen-bond donors (Lipinski definition) is 2. The minimum Gasteiger partial charge on any atom is -0.314 e. The van der Waals surface area contributed by atoms with E-state index < -0.39 is 28.0 Å². The van der Waals surface area contributed by atoms with Gasteiger partial charge in [-0.1, -0.05) is 6.07 Å². The molecule has 7 nitrogen and oxygen atoms in total. The zero-order valence-electron chi connectivity index (χ0n) is 9.81. The van der Waals surface area contributed by atoms with Gasteiger partial charge in [0.05, 0.1) is 16.7 Å². The standard InChI is InChI=1S/C11H9FN4O3/c1-6-7(5-13-15-6)11(17)14-10-8(12)3-2-4-9(10)16(18)19/h2-5H,1H3,(H,13,15)(H,14,17). The molecule has 98 valence electrons. The van der Waals surface area contributed by atoms with Gasteiger partial charge in [-0.05, 0) is 13.0 Å². The van der Waals surface area contributed by atoms with Crippen LogP contribution >= 0.6 is 0 Å². The highest BCUT2D eigenvalue weighted by Gasteiger charge is 2.21. The number of halogens is 1. The Morgan fingerprint density at radius 3 is 2.84 bits per heavy atom. The lowest BCUT2D eigenvalue weighted by atomic mass is 10.2. The van der Waals surface area contributed by atoms with Gasteiger partial charge in [-0.15, -0.1) is 0 Å². The number of anilines is 1. The predicted molar refractivity (Wildman–Crippen MR) is 64.3 cm³/mol. The number of rotatable bonds is 3. The molecule has 0 saturated heterocycles. The number of carbonyl (C=O) groups is 1. The van der Waals surface area contributed by atoms with Crippen LogP contribution in [0.2, 0.25) is 0 Å². The second kappa shape index (κ2) is 4.84. The molecule has 1 heterocycles. The van der Waals surface area contributed by atoms with Crippen molar-refractivity contribution in [1.29, 1.82) is 0 Å². The number of carbonyl (C=O) groups excluding carboxylic acids is 1. The van der Waals surface area contributed by atoms with Gasteiger partial charge in [-0.25, -0.2) is 4.39 Å². The molecule has 1 aromatic carbocycles. The summed E-state index contributed by atoms with van der Waals surface area (Å²) < 4.78 is 13.6. The summed E-state index contributed by atoms with van der Waals surface area (Å²) in [7, 11) is 0. The number of aryl methyl sites for hydroxylation is 1. The molecule has 0 unspecified atom stereocenters. The van der Waals surface area contributed by atoms with Crippen molar-refractivity contribution in [2.24, 2.45) is 0 Å². The molecule has 0 saturated carbocycles. The number of hydrogen-bond acceptors (Lipinski definition) is 4. The molecule has 2 N–H and O–H groups in total. The highest BCUT2D eigenvalue weighted by molar-refractivity contribution is 6.06. The molecule has 0 aliphatic carbocycles. The Bertz CT molecular complexity index is 653. The maximum Gasteiger partial charge on any atom is 0.295 e. The Hall–Kier alpha value is -2.77. The van der Waals surface area contributed by atoms with Crippen molar-refractivity contribution in [3.63, 3.8) is 0 Å². The Labute approximate surface area is 106 Å². The van der Waals surface area contributed by atoms with Crippen LogP contribution < -0.4 is 5.32 Å². The highest BCUT2D eigenvalue weighted by atomic mass is 19.1. The van der Waals surface area contributed by atoms with E-state index in [2.05, 4.69) is 15.5 Å². The lowest BCUT2D eigenvalue weighted by Gasteiger charge is -2.06. The molecule has 1 amide bonds. The number of benzene rings is 1. The first-order valence-electron chi connectivity index (χ1n) is 5.25. The van der Waals surface area contributed by atoms with Gasteiger partial charge in [-0.3, -0.25) is 20.0 Å². The minimum absolute atomic E-state index is 0.192. The number of para-hydroxylation sites is 1. The number of nitro groups is 1.